The molecule has 1 aromatic carbocycles. The van der Waals surface area contributed by atoms with Gasteiger partial charge in [0.2, 0.25) is 0 Å². The number of rotatable bonds is 6. The van der Waals surface area contributed by atoms with E-state index in [-0.39, 0.29) is 12.0 Å². The first-order chi connectivity index (χ1) is 8.99. The van der Waals surface area contributed by atoms with Crippen molar-refractivity contribution in [2.45, 2.75) is 31.0 Å². The van der Waals surface area contributed by atoms with Crippen molar-refractivity contribution in [1.82, 2.24) is 4.90 Å². The van der Waals surface area contributed by atoms with Crippen molar-refractivity contribution >= 4 is 0 Å². The molecule has 106 valence electrons. The molecule has 0 radical (unpaired) electrons. The summed E-state index contributed by atoms with van der Waals surface area (Å²) in [6.07, 6.45) is -2.41. The smallest absolute Gasteiger partial charge is 0.330 e. The Morgan fingerprint density at radius 3 is 2.32 bits per heavy atom. The zero-order valence-electron chi connectivity index (χ0n) is 10.7. The maximum absolute atomic E-state index is 12.6. The first-order valence-electron chi connectivity index (χ1n) is 6.55. The summed E-state index contributed by atoms with van der Waals surface area (Å²) in [6, 6.07) is 9.61. The predicted octanol–water partition coefficient (Wildman–Crippen LogP) is 2.76. The van der Waals surface area contributed by atoms with E-state index in [4.69, 9.17) is 5.73 Å². The molecular formula is C14H19F3N2. The van der Waals surface area contributed by atoms with Gasteiger partial charge in [0, 0.05) is 25.0 Å². The van der Waals surface area contributed by atoms with Crippen LogP contribution in [0.5, 0.6) is 0 Å². The fourth-order valence-corrected chi connectivity index (χ4v) is 2.34. The van der Waals surface area contributed by atoms with Crippen LogP contribution < -0.4 is 5.73 Å². The molecule has 0 saturated heterocycles. The normalized spacial score (nSPS) is 17.7. The molecule has 0 spiro atoms. The molecule has 1 aliphatic carbocycles. The first-order valence-corrected chi connectivity index (χ1v) is 6.55. The molecule has 2 nitrogen and oxygen atoms in total. The Hall–Kier alpha value is -1.07. The van der Waals surface area contributed by atoms with E-state index < -0.39 is 12.7 Å². The average molecular weight is 272 g/mol. The number of halogens is 3. The van der Waals surface area contributed by atoms with Crippen molar-refractivity contribution in [3.63, 3.8) is 0 Å². The molecule has 1 unspecified atom stereocenters. The minimum atomic E-state index is -4.14. The third-order valence-electron chi connectivity index (χ3n) is 3.46. The van der Waals surface area contributed by atoms with Gasteiger partial charge in [-0.15, -0.1) is 0 Å². The van der Waals surface area contributed by atoms with Crippen LogP contribution in [0.4, 0.5) is 13.2 Å². The van der Waals surface area contributed by atoms with Crippen molar-refractivity contribution in [2.24, 2.45) is 5.73 Å². The highest BCUT2D eigenvalue weighted by Gasteiger charge is 2.38. The second kappa shape index (κ2) is 5.92. The predicted molar refractivity (Wildman–Crippen MR) is 68.9 cm³/mol. The fourth-order valence-electron chi connectivity index (χ4n) is 2.34. The zero-order chi connectivity index (χ0) is 13.9. The molecule has 19 heavy (non-hydrogen) atoms. The minimum Gasteiger partial charge on any atom is -0.330 e. The summed E-state index contributed by atoms with van der Waals surface area (Å²) in [5.41, 5.74) is 6.74. The van der Waals surface area contributed by atoms with Gasteiger partial charge in [0.25, 0.3) is 0 Å². The molecule has 1 saturated carbocycles. The van der Waals surface area contributed by atoms with Gasteiger partial charge in [0.05, 0.1) is 6.54 Å². The van der Waals surface area contributed by atoms with E-state index >= 15 is 0 Å². The van der Waals surface area contributed by atoms with Gasteiger partial charge in [-0.2, -0.15) is 13.2 Å². The van der Waals surface area contributed by atoms with Crippen molar-refractivity contribution in [1.29, 1.82) is 0 Å². The Balaban J connectivity index is 2.02. The Labute approximate surface area is 111 Å². The SMILES string of the molecule is NCC(CN(CC(F)(F)F)C1CC1)c1ccccc1. The highest BCUT2D eigenvalue weighted by Crippen LogP contribution is 2.32. The van der Waals surface area contributed by atoms with Gasteiger partial charge in [0.15, 0.2) is 0 Å². The van der Waals surface area contributed by atoms with Crippen molar-refractivity contribution in [3.05, 3.63) is 35.9 Å². The van der Waals surface area contributed by atoms with Crippen molar-refractivity contribution in [2.75, 3.05) is 19.6 Å². The van der Waals surface area contributed by atoms with Crippen molar-refractivity contribution in [3.8, 4) is 0 Å². The molecule has 0 aliphatic heterocycles. The summed E-state index contributed by atoms with van der Waals surface area (Å²) in [5.74, 6) is -0.0378. The lowest BCUT2D eigenvalue weighted by Gasteiger charge is -2.28. The quantitative estimate of drug-likeness (QED) is 0.862. The van der Waals surface area contributed by atoms with Crippen LogP contribution in [-0.2, 0) is 0 Å². The van der Waals surface area contributed by atoms with Crippen LogP contribution in [0.15, 0.2) is 30.3 Å². The third-order valence-corrected chi connectivity index (χ3v) is 3.46. The van der Waals surface area contributed by atoms with Gasteiger partial charge >= 0.3 is 6.18 Å². The van der Waals surface area contributed by atoms with Crippen LogP contribution in [0, 0.1) is 0 Å². The monoisotopic (exact) mass is 272 g/mol. The van der Waals surface area contributed by atoms with Gasteiger partial charge in [-0.3, -0.25) is 4.90 Å². The van der Waals surface area contributed by atoms with Crippen LogP contribution in [0.1, 0.15) is 24.3 Å². The van der Waals surface area contributed by atoms with Gasteiger partial charge in [0.1, 0.15) is 0 Å². The van der Waals surface area contributed by atoms with Gasteiger partial charge in [-0.05, 0) is 18.4 Å². The fraction of sp³-hybridized carbons (Fsp3) is 0.571. The van der Waals surface area contributed by atoms with E-state index in [1.807, 2.05) is 30.3 Å². The molecular weight excluding hydrogens is 253 g/mol. The minimum absolute atomic E-state index is 0.0378. The Kier molecular flexibility index (Phi) is 4.47. The van der Waals surface area contributed by atoms with Crippen LogP contribution in [-0.4, -0.2) is 36.8 Å². The molecule has 2 N–H and O–H groups in total. The van der Waals surface area contributed by atoms with E-state index in [0.717, 1.165) is 18.4 Å². The van der Waals surface area contributed by atoms with Crippen LogP contribution >= 0.6 is 0 Å². The number of nitrogens with two attached hydrogens (primary N) is 1. The summed E-state index contributed by atoms with van der Waals surface area (Å²) < 4.78 is 37.7. The summed E-state index contributed by atoms with van der Waals surface area (Å²) in [6.45, 7) is -0.0865. The molecule has 1 aliphatic rings. The molecule has 1 fully saturated rings. The largest absolute Gasteiger partial charge is 0.401 e. The van der Waals surface area contributed by atoms with Crippen LogP contribution in [0.2, 0.25) is 0 Å². The number of benzene rings is 1. The summed E-state index contributed by atoms with van der Waals surface area (Å²) >= 11 is 0. The topological polar surface area (TPSA) is 29.3 Å². The second-order valence-electron chi connectivity index (χ2n) is 5.12. The maximum atomic E-state index is 12.6. The summed E-state index contributed by atoms with van der Waals surface area (Å²) in [7, 11) is 0. The summed E-state index contributed by atoms with van der Waals surface area (Å²) in [4.78, 5) is 1.53. The maximum Gasteiger partial charge on any atom is 0.401 e. The summed E-state index contributed by atoms with van der Waals surface area (Å²) in [5, 5.41) is 0. The number of hydrogen-bond acceptors (Lipinski definition) is 2. The van der Waals surface area contributed by atoms with E-state index in [9.17, 15) is 13.2 Å². The van der Waals surface area contributed by atoms with Gasteiger partial charge < -0.3 is 5.73 Å². The standard InChI is InChI=1S/C14H19F3N2/c15-14(16,17)10-19(13-6-7-13)9-12(8-18)11-4-2-1-3-5-11/h1-5,12-13H,6-10,18H2. The third kappa shape index (κ3) is 4.51. The average Bonchev–Trinajstić information content (AvgIpc) is 3.18. The van der Waals surface area contributed by atoms with Crippen molar-refractivity contribution < 1.29 is 13.2 Å². The lowest BCUT2D eigenvalue weighted by molar-refractivity contribution is -0.147. The molecule has 0 heterocycles. The molecule has 2 rings (SSSR count). The lowest BCUT2D eigenvalue weighted by Crippen LogP contribution is -2.40. The number of alkyl halides is 3. The molecule has 0 amide bonds. The first kappa shape index (κ1) is 14.3. The molecule has 1 atom stereocenters. The van der Waals surface area contributed by atoms with E-state index in [0.29, 0.717) is 13.1 Å². The van der Waals surface area contributed by atoms with Gasteiger partial charge in [-0.1, -0.05) is 30.3 Å². The highest BCUT2D eigenvalue weighted by molar-refractivity contribution is 5.20. The number of nitrogens with zero attached hydrogens (tertiary/aromatic N) is 1. The second-order valence-corrected chi connectivity index (χ2v) is 5.12. The van der Waals surface area contributed by atoms with Gasteiger partial charge in [-0.25, -0.2) is 0 Å². The van der Waals surface area contributed by atoms with E-state index in [2.05, 4.69) is 0 Å². The zero-order valence-corrected chi connectivity index (χ0v) is 10.7. The van der Waals surface area contributed by atoms with E-state index in [1.165, 1.54) is 4.90 Å². The highest BCUT2D eigenvalue weighted by atomic mass is 19.4. The van der Waals surface area contributed by atoms with Crippen LogP contribution in [0.25, 0.3) is 0 Å². The van der Waals surface area contributed by atoms with Crippen LogP contribution in [0.3, 0.4) is 0 Å². The molecule has 0 bridgehead atoms. The number of hydrogen-bond donors (Lipinski definition) is 1. The van der Waals surface area contributed by atoms with E-state index in [1.54, 1.807) is 0 Å². The molecule has 5 heteroatoms. The Morgan fingerprint density at radius 1 is 1.21 bits per heavy atom. The Bertz CT molecular complexity index is 387. The Morgan fingerprint density at radius 2 is 1.84 bits per heavy atom. The lowest BCUT2D eigenvalue weighted by atomic mass is 9.98. The molecule has 1 aromatic rings. The molecule has 0 aromatic heterocycles.